The number of amides is 1. The molecule has 0 bridgehead atoms. The number of esters is 1. The van der Waals surface area contributed by atoms with Gasteiger partial charge in [0.05, 0.1) is 18.2 Å². The normalized spacial score (nSPS) is 10.6. The molecule has 0 aliphatic rings. The summed E-state index contributed by atoms with van der Waals surface area (Å²) in [7, 11) is 1.25. The molecule has 138 valence electrons. The van der Waals surface area contributed by atoms with Gasteiger partial charge in [-0.15, -0.1) is 0 Å². The van der Waals surface area contributed by atoms with Gasteiger partial charge in [-0.2, -0.15) is 0 Å². The Kier molecular flexibility index (Phi) is 4.89. The molecule has 0 saturated heterocycles. The number of nitrogens with zero attached hydrogens (tertiary/aromatic N) is 1. The highest BCUT2D eigenvalue weighted by atomic mass is 16.5. The molecule has 1 N–H and O–H groups in total. The molecule has 1 heterocycles. The highest BCUT2D eigenvalue weighted by molar-refractivity contribution is 5.97. The molecule has 0 saturated carbocycles. The van der Waals surface area contributed by atoms with E-state index in [-0.39, 0.29) is 23.5 Å². The number of Topliss-reactive ketones (excluding diaryl/α,β-unsaturated/α-hetero) is 1. The zero-order valence-corrected chi connectivity index (χ0v) is 14.6. The standard InChI is InChI=1S/C19H16N2O6/c1-11(22)12-4-3-5-14(8-12)20-17(23)10-21-15-7-6-13(18(24)26-2)9-16(15)27-19(21)25/h3-9H,10H2,1-2H3,(H,20,23). The first-order chi connectivity index (χ1) is 12.9. The Hall–Kier alpha value is -3.68. The first-order valence-corrected chi connectivity index (χ1v) is 8.01. The lowest BCUT2D eigenvalue weighted by molar-refractivity contribution is -0.116. The smallest absolute Gasteiger partial charge is 0.420 e. The van der Waals surface area contributed by atoms with E-state index in [1.165, 1.54) is 32.2 Å². The summed E-state index contributed by atoms with van der Waals surface area (Å²) >= 11 is 0. The van der Waals surface area contributed by atoms with Crippen molar-refractivity contribution in [2.24, 2.45) is 0 Å². The maximum atomic E-state index is 12.3. The number of hydrogen-bond acceptors (Lipinski definition) is 6. The minimum atomic E-state index is -0.723. The molecule has 8 nitrogen and oxygen atoms in total. The summed E-state index contributed by atoms with van der Waals surface area (Å²) in [4.78, 5) is 47.4. The molecule has 1 aromatic heterocycles. The molecular formula is C19H16N2O6. The number of ether oxygens (including phenoxy) is 1. The highest BCUT2D eigenvalue weighted by Crippen LogP contribution is 2.16. The van der Waals surface area contributed by atoms with Crippen LogP contribution < -0.4 is 11.1 Å². The van der Waals surface area contributed by atoms with Crippen LogP contribution in [0, 0.1) is 0 Å². The summed E-state index contributed by atoms with van der Waals surface area (Å²) in [5.74, 6) is -1.86. The Morgan fingerprint density at radius 1 is 1.11 bits per heavy atom. The van der Waals surface area contributed by atoms with E-state index in [1.54, 1.807) is 24.3 Å². The average molecular weight is 368 g/mol. The van der Waals surface area contributed by atoms with E-state index in [0.717, 1.165) is 4.57 Å². The van der Waals surface area contributed by atoms with Crippen molar-refractivity contribution in [2.75, 3.05) is 12.4 Å². The van der Waals surface area contributed by atoms with Gasteiger partial charge in [-0.3, -0.25) is 14.2 Å². The predicted molar refractivity (Wildman–Crippen MR) is 96.9 cm³/mol. The zero-order valence-electron chi connectivity index (χ0n) is 14.6. The third kappa shape index (κ3) is 3.79. The molecule has 0 aliphatic heterocycles. The maximum absolute atomic E-state index is 12.3. The Balaban J connectivity index is 1.84. The van der Waals surface area contributed by atoms with Crippen LogP contribution in [-0.4, -0.2) is 29.3 Å². The molecular weight excluding hydrogens is 352 g/mol. The topological polar surface area (TPSA) is 108 Å². The molecule has 0 aliphatic carbocycles. The van der Waals surface area contributed by atoms with Crippen molar-refractivity contribution < 1.29 is 23.5 Å². The van der Waals surface area contributed by atoms with E-state index < -0.39 is 17.6 Å². The van der Waals surface area contributed by atoms with Crippen LogP contribution in [-0.2, 0) is 16.1 Å². The van der Waals surface area contributed by atoms with E-state index in [0.29, 0.717) is 16.8 Å². The number of fused-ring (bicyclic) bond motifs is 1. The number of hydrogen-bond donors (Lipinski definition) is 1. The Morgan fingerprint density at radius 2 is 1.89 bits per heavy atom. The first-order valence-electron chi connectivity index (χ1n) is 8.01. The molecule has 0 spiro atoms. The van der Waals surface area contributed by atoms with Crippen molar-refractivity contribution in [3.63, 3.8) is 0 Å². The van der Waals surface area contributed by atoms with Gasteiger partial charge in [0, 0.05) is 11.3 Å². The van der Waals surface area contributed by atoms with Crippen molar-refractivity contribution in [3.05, 3.63) is 64.1 Å². The fourth-order valence-corrected chi connectivity index (χ4v) is 2.62. The molecule has 27 heavy (non-hydrogen) atoms. The van der Waals surface area contributed by atoms with Gasteiger partial charge in [-0.05, 0) is 37.3 Å². The minimum absolute atomic E-state index is 0.121. The van der Waals surface area contributed by atoms with Crippen LogP contribution in [0.1, 0.15) is 27.6 Å². The monoisotopic (exact) mass is 368 g/mol. The molecule has 3 rings (SSSR count). The number of benzene rings is 2. The van der Waals surface area contributed by atoms with E-state index >= 15 is 0 Å². The van der Waals surface area contributed by atoms with Gasteiger partial charge in [-0.1, -0.05) is 12.1 Å². The summed E-state index contributed by atoms with van der Waals surface area (Å²) in [5.41, 5.74) is 1.70. The number of nitrogens with one attached hydrogen (secondary N) is 1. The second kappa shape index (κ2) is 7.28. The number of anilines is 1. The van der Waals surface area contributed by atoms with Crippen LogP contribution in [0.2, 0.25) is 0 Å². The minimum Gasteiger partial charge on any atom is -0.465 e. The van der Waals surface area contributed by atoms with Crippen molar-refractivity contribution >= 4 is 34.4 Å². The summed E-state index contributed by atoms with van der Waals surface area (Å²) in [6, 6.07) is 10.9. The predicted octanol–water partition coefficient (Wildman–Crippen LogP) is 2.22. The third-order valence-electron chi connectivity index (χ3n) is 3.94. The van der Waals surface area contributed by atoms with Crippen LogP contribution in [0.5, 0.6) is 0 Å². The number of methoxy groups -OCH3 is 1. The molecule has 1 amide bonds. The third-order valence-corrected chi connectivity index (χ3v) is 3.94. The van der Waals surface area contributed by atoms with Gasteiger partial charge < -0.3 is 14.5 Å². The molecule has 8 heteroatoms. The summed E-state index contributed by atoms with van der Waals surface area (Å²) < 4.78 is 10.9. The number of oxazole rings is 1. The van der Waals surface area contributed by atoms with E-state index in [1.807, 2.05) is 0 Å². The van der Waals surface area contributed by atoms with Crippen LogP contribution in [0.25, 0.3) is 11.1 Å². The number of aromatic nitrogens is 1. The number of carbonyl (C=O) groups is 3. The van der Waals surface area contributed by atoms with Crippen molar-refractivity contribution in [3.8, 4) is 0 Å². The molecule has 2 aromatic carbocycles. The molecule has 0 unspecified atom stereocenters. The highest BCUT2D eigenvalue weighted by Gasteiger charge is 2.15. The lowest BCUT2D eigenvalue weighted by atomic mass is 10.1. The lowest BCUT2D eigenvalue weighted by Crippen LogP contribution is -2.24. The second-order valence-electron chi connectivity index (χ2n) is 5.81. The fourth-order valence-electron chi connectivity index (χ4n) is 2.62. The quantitative estimate of drug-likeness (QED) is 0.546. The van der Waals surface area contributed by atoms with Crippen molar-refractivity contribution in [2.45, 2.75) is 13.5 Å². The molecule has 0 radical (unpaired) electrons. The van der Waals surface area contributed by atoms with Crippen LogP contribution in [0.4, 0.5) is 5.69 Å². The summed E-state index contributed by atoms with van der Waals surface area (Å²) in [6.45, 7) is 1.15. The van der Waals surface area contributed by atoms with Crippen molar-refractivity contribution in [1.29, 1.82) is 0 Å². The Morgan fingerprint density at radius 3 is 2.59 bits per heavy atom. The van der Waals surface area contributed by atoms with Gasteiger partial charge >= 0.3 is 11.7 Å². The Labute approximate surface area is 153 Å². The van der Waals surface area contributed by atoms with Gasteiger partial charge in [-0.25, -0.2) is 9.59 Å². The van der Waals surface area contributed by atoms with Gasteiger partial charge in [0.2, 0.25) is 5.91 Å². The van der Waals surface area contributed by atoms with Gasteiger partial charge in [0.15, 0.2) is 11.4 Å². The van der Waals surface area contributed by atoms with Gasteiger partial charge in [0.1, 0.15) is 6.54 Å². The zero-order chi connectivity index (χ0) is 19.6. The molecule has 0 atom stereocenters. The van der Waals surface area contributed by atoms with Crippen LogP contribution in [0.15, 0.2) is 51.7 Å². The van der Waals surface area contributed by atoms with Crippen LogP contribution >= 0.6 is 0 Å². The first kappa shape index (κ1) is 18.1. The van der Waals surface area contributed by atoms with E-state index in [2.05, 4.69) is 10.1 Å². The fraction of sp³-hybridized carbons (Fsp3) is 0.158. The molecule has 3 aromatic rings. The molecule has 0 fully saturated rings. The second-order valence-corrected chi connectivity index (χ2v) is 5.81. The Bertz CT molecular complexity index is 1110. The number of rotatable bonds is 5. The maximum Gasteiger partial charge on any atom is 0.420 e. The summed E-state index contributed by atoms with van der Waals surface area (Å²) in [6.07, 6.45) is 0. The van der Waals surface area contributed by atoms with E-state index in [9.17, 15) is 19.2 Å². The lowest BCUT2D eigenvalue weighted by Gasteiger charge is -2.07. The van der Waals surface area contributed by atoms with Crippen LogP contribution in [0.3, 0.4) is 0 Å². The average Bonchev–Trinajstić information content (AvgIpc) is 2.95. The SMILES string of the molecule is COC(=O)c1ccc2c(c1)oc(=O)n2CC(=O)Nc1cccc(C(C)=O)c1. The van der Waals surface area contributed by atoms with Gasteiger partial charge in [0.25, 0.3) is 0 Å². The summed E-state index contributed by atoms with van der Waals surface area (Å²) in [5, 5.41) is 2.64. The van der Waals surface area contributed by atoms with E-state index in [4.69, 9.17) is 4.42 Å². The number of carbonyl (C=O) groups excluding carboxylic acids is 3. The number of ketones is 1. The largest absolute Gasteiger partial charge is 0.465 e. The van der Waals surface area contributed by atoms with Crippen molar-refractivity contribution in [1.82, 2.24) is 4.57 Å².